The van der Waals surface area contributed by atoms with Crippen LogP contribution in [0.3, 0.4) is 0 Å². The van der Waals surface area contributed by atoms with Gasteiger partial charge in [0.1, 0.15) is 5.54 Å². The number of carbonyl (C=O) groups is 2. The lowest BCUT2D eigenvalue weighted by atomic mass is 10.1. The molecule has 0 aromatic heterocycles. The highest BCUT2D eigenvalue weighted by Crippen LogP contribution is 2.09. The van der Waals surface area contributed by atoms with Crippen LogP contribution in [0.4, 0.5) is 0 Å². The molecule has 0 heterocycles. The number of nitrogens with one attached hydrogen (secondary N) is 1. The molecule has 0 saturated carbocycles. The third-order valence-corrected chi connectivity index (χ3v) is 2.63. The molecule has 0 rings (SSSR count). The molecule has 0 aromatic carbocycles. The molecule has 0 aliphatic carbocycles. The second-order valence-electron chi connectivity index (χ2n) is 3.84. The van der Waals surface area contributed by atoms with Crippen LogP contribution in [0.5, 0.6) is 0 Å². The van der Waals surface area contributed by atoms with Gasteiger partial charge in [-0.3, -0.25) is 4.79 Å². The number of carboxylic acids is 1. The van der Waals surface area contributed by atoms with Gasteiger partial charge in [-0.2, -0.15) is 0 Å². The number of hydrogen-bond acceptors (Lipinski definition) is 3. The zero-order chi connectivity index (χ0) is 11.4. The topological polar surface area (TPSA) is 66.4 Å². The van der Waals surface area contributed by atoms with Crippen molar-refractivity contribution in [3.8, 4) is 0 Å². The summed E-state index contributed by atoms with van der Waals surface area (Å²) in [4.78, 5) is 21.9. The molecule has 0 radical (unpaired) electrons. The smallest absolute Gasteiger partial charge is 0.328 e. The van der Waals surface area contributed by atoms with Gasteiger partial charge in [-0.25, -0.2) is 4.79 Å². The Hall–Kier alpha value is -0.710. The minimum atomic E-state index is -1.19. The number of rotatable bonds is 5. The average Bonchev–Trinajstić information content (AvgIpc) is 1.99. The van der Waals surface area contributed by atoms with Crippen LogP contribution in [0.15, 0.2) is 0 Å². The van der Waals surface area contributed by atoms with Gasteiger partial charge in [-0.1, -0.05) is 13.8 Å². The molecule has 0 aliphatic heterocycles. The molecule has 0 atom stereocenters. The molecule has 1 amide bonds. The quantitative estimate of drug-likeness (QED) is 0.727. The summed E-state index contributed by atoms with van der Waals surface area (Å²) in [6.45, 7) is 6.90. The fraction of sp³-hybridized carbons (Fsp3) is 0.778. The third-order valence-electron chi connectivity index (χ3n) is 1.53. The molecular weight excluding hydrogens is 202 g/mol. The van der Waals surface area contributed by atoms with Crippen LogP contribution in [0.2, 0.25) is 0 Å². The van der Waals surface area contributed by atoms with E-state index in [0.29, 0.717) is 11.0 Å². The van der Waals surface area contributed by atoms with Gasteiger partial charge in [0.05, 0.1) is 5.75 Å². The SMILES string of the molecule is CC(C)SCC(=O)NC(C)(C)C(=O)O. The molecule has 0 spiro atoms. The zero-order valence-electron chi connectivity index (χ0n) is 8.96. The second kappa shape index (κ2) is 5.24. The van der Waals surface area contributed by atoms with Crippen LogP contribution >= 0.6 is 11.8 Å². The molecule has 0 aromatic rings. The largest absolute Gasteiger partial charge is 0.480 e. The van der Waals surface area contributed by atoms with Gasteiger partial charge in [0.25, 0.3) is 0 Å². The van der Waals surface area contributed by atoms with E-state index in [1.807, 2.05) is 13.8 Å². The summed E-state index contributed by atoms with van der Waals surface area (Å²) in [6.07, 6.45) is 0. The maximum absolute atomic E-state index is 11.3. The van der Waals surface area contributed by atoms with Gasteiger partial charge < -0.3 is 10.4 Å². The molecule has 2 N–H and O–H groups in total. The van der Waals surface area contributed by atoms with Crippen LogP contribution in [0.25, 0.3) is 0 Å². The van der Waals surface area contributed by atoms with Crippen molar-refractivity contribution in [3.63, 3.8) is 0 Å². The molecule has 4 nitrogen and oxygen atoms in total. The summed E-state index contributed by atoms with van der Waals surface area (Å²) in [5.41, 5.74) is -1.19. The molecule has 0 unspecified atom stereocenters. The van der Waals surface area contributed by atoms with Crippen molar-refractivity contribution in [3.05, 3.63) is 0 Å². The maximum Gasteiger partial charge on any atom is 0.328 e. The van der Waals surface area contributed by atoms with Crippen LogP contribution < -0.4 is 5.32 Å². The Morgan fingerprint density at radius 1 is 1.43 bits per heavy atom. The Kier molecular flexibility index (Phi) is 4.97. The molecule has 0 bridgehead atoms. The lowest BCUT2D eigenvalue weighted by Crippen LogP contribution is -2.50. The Morgan fingerprint density at radius 3 is 2.29 bits per heavy atom. The summed E-state index contributed by atoms with van der Waals surface area (Å²) in [5.74, 6) is -0.967. The molecule has 82 valence electrons. The summed E-state index contributed by atoms with van der Waals surface area (Å²) in [5, 5.41) is 11.6. The number of amides is 1. The van der Waals surface area contributed by atoms with E-state index in [2.05, 4.69) is 5.32 Å². The molecule has 0 fully saturated rings. The molecular formula is C9H17NO3S. The zero-order valence-corrected chi connectivity index (χ0v) is 9.77. The number of carboxylic acid groups (broad SMARTS) is 1. The second-order valence-corrected chi connectivity index (χ2v) is 5.40. The standard InChI is InChI=1S/C9H17NO3S/c1-6(2)14-5-7(11)10-9(3,4)8(12)13/h6H,5H2,1-4H3,(H,10,11)(H,12,13). The lowest BCUT2D eigenvalue weighted by Gasteiger charge is -2.21. The highest BCUT2D eigenvalue weighted by Gasteiger charge is 2.28. The molecule has 0 saturated heterocycles. The van der Waals surface area contributed by atoms with Crippen LogP contribution in [0, 0.1) is 0 Å². The van der Waals surface area contributed by atoms with Crippen molar-refractivity contribution in [1.82, 2.24) is 5.32 Å². The Bertz CT molecular complexity index is 226. The predicted molar refractivity (Wildman–Crippen MR) is 57.5 cm³/mol. The molecule has 0 aliphatic rings. The highest BCUT2D eigenvalue weighted by atomic mass is 32.2. The van der Waals surface area contributed by atoms with Crippen LogP contribution in [-0.2, 0) is 9.59 Å². The Balaban J connectivity index is 4.00. The van der Waals surface area contributed by atoms with E-state index >= 15 is 0 Å². The summed E-state index contributed by atoms with van der Waals surface area (Å²) in [6, 6.07) is 0. The van der Waals surface area contributed by atoms with Crippen molar-refractivity contribution < 1.29 is 14.7 Å². The van der Waals surface area contributed by atoms with E-state index in [9.17, 15) is 9.59 Å². The van der Waals surface area contributed by atoms with Gasteiger partial charge in [0.15, 0.2) is 0 Å². The monoisotopic (exact) mass is 219 g/mol. The Labute approximate surface area is 88.4 Å². The van der Waals surface area contributed by atoms with E-state index in [-0.39, 0.29) is 5.91 Å². The van der Waals surface area contributed by atoms with Gasteiger partial charge in [0, 0.05) is 0 Å². The molecule has 5 heteroatoms. The van der Waals surface area contributed by atoms with Gasteiger partial charge in [-0.15, -0.1) is 11.8 Å². The van der Waals surface area contributed by atoms with Crippen LogP contribution in [-0.4, -0.2) is 33.5 Å². The minimum Gasteiger partial charge on any atom is -0.480 e. The van der Waals surface area contributed by atoms with Crippen molar-refractivity contribution in [2.24, 2.45) is 0 Å². The average molecular weight is 219 g/mol. The fourth-order valence-electron chi connectivity index (χ4n) is 0.680. The van der Waals surface area contributed by atoms with Crippen molar-refractivity contribution >= 4 is 23.6 Å². The van der Waals surface area contributed by atoms with Crippen LogP contribution in [0.1, 0.15) is 27.7 Å². The van der Waals surface area contributed by atoms with Gasteiger partial charge in [0.2, 0.25) is 5.91 Å². The first-order valence-corrected chi connectivity index (χ1v) is 5.46. The maximum atomic E-state index is 11.3. The first kappa shape index (κ1) is 13.3. The van der Waals surface area contributed by atoms with E-state index in [0.717, 1.165) is 0 Å². The number of aliphatic carboxylic acids is 1. The van der Waals surface area contributed by atoms with Gasteiger partial charge in [-0.05, 0) is 19.1 Å². The van der Waals surface area contributed by atoms with Crippen molar-refractivity contribution in [2.75, 3.05) is 5.75 Å². The third kappa shape index (κ3) is 5.11. The summed E-state index contributed by atoms with van der Waals surface area (Å²) >= 11 is 1.49. The van der Waals surface area contributed by atoms with E-state index in [1.165, 1.54) is 25.6 Å². The van der Waals surface area contributed by atoms with E-state index in [1.54, 1.807) is 0 Å². The molecule has 14 heavy (non-hydrogen) atoms. The van der Waals surface area contributed by atoms with Crippen molar-refractivity contribution in [2.45, 2.75) is 38.5 Å². The minimum absolute atomic E-state index is 0.240. The van der Waals surface area contributed by atoms with E-state index < -0.39 is 11.5 Å². The van der Waals surface area contributed by atoms with Gasteiger partial charge >= 0.3 is 5.97 Å². The van der Waals surface area contributed by atoms with Crippen molar-refractivity contribution in [1.29, 1.82) is 0 Å². The first-order valence-electron chi connectivity index (χ1n) is 4.41. The number of hydrogen-bond donors (Lipinski definition) is 2. The Morgan fingerprint density at radius 2 is 1.93 bits per heavy atom. The first-order chi connectivity index (χ1) is 6.25. The highest BCUT2D eigenvalue weighted by molar-refractivity contribution is 8.00. The predicted octanol–water partition coefficient (Wildman–Crippen LogP) is 1.11. The summed E-state index contributed by atoms with van der Waals surface area (Å²) in [7, 11) is 0. The fourth-order valence-corrected chi connectivity index (χ4v) is 1.24. The number of carbonyl (C=O) groups excluding carboxylic acids is 1. The number of thioether (sulfide) groups is 1. The summed E-state index contributed by atoms with van der Waals surface area (Å²) < 4.78 is 0. The lowest BCUT2D eigenvalue weighted by molar-refractivity contribution is -0.145. The normalized spacial score (nSPS) is 11.5. The van der Waals surface area contributed by atoms with E-state index in [4.69, 9.17) is 5.11 Å².